The number of hydrogen-bond acceptors (Lipinski definition) is 4. The molecule has 2 N–H and O–H groups in total. The van der Waals surface area contributed by atoms with E-state index in [1.54, 1.807) is 0 Å². The van der Waals surface area contributed by atoms with Crippen molar-refractivity contribution in [3.8, 4) is 0 Å². The summed E-state index contributed by atoms with van der Waals surface area (Å²) in [5.41, 5.74) is 4.28. The molecule has 5 nitrogen and oxygen atoms in total. The van der Waals surface area contributed by atoms with E-state index in [2.05, 4.69) is 40.6 Å². The summed E-state index contributed by atoms with van der Waals surface area (Å²) in [5, 5.41) is 13.3. The zero-order valence-corrected chi connectivity index (χ0v) is 14.7. The number of hydrogen-bond donors (Lipinski definition) is 2. The third-order valence-corrected chi connectivity index (χ3v) is 7.79. The number of anilines is 1. The molecule has 0 radical (unpaired) electrons. The second kappa shape index (κ2) is 5.11. The van der Waals surface area contributed by atoms with Gasteiger partial charge >= 0.3 is 5.97 Å². The largest absolute Gasteiger partial charge is 0.481 e. The molecule has 2 bridgehead atoms. The van der Waals surface area contributed by atoms with Crippen molar-refractivity contribution < 1.29 is 14.6 Å². The Morgan fingerprint density at radius 2 is 2.27 bits per heavy atom. The molecule has 6 atom stereocenters. The quantitative estimate of drug-likeness (QED) is 0.800. The minimum Gasteiger partial charge on any atom is -0.481 e. The van der Waals surface area contributed by atoms with Crippen molar-refractivity contribution in [2.75, 3.05) is 25.0 Å². The van der Waals surface area contributed by atoms with Crippen LogP contribution in [0.1, 0.15) is 24.8 Å². The van der Waals surface area contributed by atoms with Gasteiger partial charge in [-0.3, -0.25) is 9.69 Å². The molecule has 4 heterocycles. The first-order valence-electron chi connectivity index (χ1n) is 9.81. The maximum Gasteiger partial charge on any atom is 0.305 e. The smallest absolute Gasteiger partial charge is 0.305 e. The minimum absolute atomic E-state index is 0.0985. The molecule has 4 aliphatic heterocycles. The average molecular weight is 352 g/mol. The van der Waals surface area contributed by atoms with E-state index in [1.165, 1.54) is 16.8 Å². The lowest BCUT2D eigenvalue weighted by Crippen LogP contribution is -2.64. The van der Waals surface area contributed by atoms with Gasteiger partial charge in [-0.15, -0.1) is 0 Å². The van der Waals surface area contributed by atoms with Gasteiger partial charge in [-0.05, 0) is 36.9 Å². The number of nitrogens with zero attached hydrogens (tertiary/aromatic N) is 1. The molecule has 0 unspecified atom stereocenters. The van der Waals surface area contributed by atoms with Gasteiger partial charge < -0.3 is 15.2 Å². The number of carboxylic acids is 1. The fraction of sp³-hybridized carbons (Fsp3) is 0.571. The molecular formula is C21H24N2O3. The van der Waals surface area contributed by atoms with E-state index in [4.69, 9.17) is 4.74 Å². The summed E-state index contributed by atoms with van der Waals surface area (Å²) in [6.07, 6.45) is 4.42. The Labute approximate surface area is 153 Å². The Morgan fingerprint density at radius 3 is 3.15 bits per heavy atom. The number of rotatable bonds is 2. The second-order valence-electron chi connectivity index (χ2n) is 8.61. The highest BCUT2D eigenvalue weighted by atomic mass is 16.5. The van der Waals surface area contributed by atoms with Crippen LogP contribution >= 0.6 is 0 Å². The predicted molar refractivity (Wildman–Crippen MR) is 97.2 cm³/mol. The van der Waals surface area contributed by atoms with Crippen LogP contribution in [0.5, 0.6) is 0 Å². The van der Waals surface area contributed by atoms with Gasteiger partial charge in [-0.25, -0.2) is 0 Å². The van der Waals surface area contributed by atoms with Crippen molar-refractivity contribution in [1.82, 2.24) is 4.90 Å². The van der Waals surface area contributed by atoms with E-state index in [0.717, 1.165) is 25.9 Å². The van der Waals surface area contributed by atoms with Gasteiger partial charge in [-0.2, -0.15) is 0 Å². The highest BCUT2D eigenvalue weighted by molar-refractivity contribution is 5.68. The number of carboxylic acid groups (broad SMARTS) is 1. The third-order valence-electron chi connectivity index (χ3n) is 7.79. The van der Waals surface area contributed by atoms with Crippen LogP contribution in [0.2, 0.25) is 0 Å². The third kappa shape index (κ3) is 1.75. The molecule has 136 valence electrons. The summed E-state index contributed by atoms with van der Waals surface area (Å²) in [5.74, 6) is -0.0844. The topological polar surface area (TPSA) is 61.8 Å². The zero-order chi connectivity index (χ0) is 17.5. The fourth-order valence-electron chi connectivity index (χ4n) is 6.95. The fourth-order valence-corrected chi connectivity index (χ4v) is 6.95. The summed E-state index contributed by atoms with van der Waals surface area (Å²) in [6.45, 7) is 2.72. The number of para-hydroxylation sites is 1. The van der Waals surface area contributed by atoms with Crippen molar-refractivity contribution in [2.45, 2.75) is 42.9 Å². The zero-order valence-electron chi connectivity index (χ0n) is 14.7. The highest BCUT2D eigenvalue weighted by Crippen LogP contribution is 2.62. The van der Waals surface area contributed by atoms with Crippen LogP contribution in [0, 0.1) is 11.8 Å². The van der Waals surface area contributed by atoms with E-state index in [-0.39, 0.29) is 29.9 Å². The molecule has 1 saturated carbocycles. The van der Waals surface area contributed by atoms with Gasteiger partial charge in [-0.1, -0.05) is 29.8 Å². The molecule has 3 fully saturated rings. The second-order valence-corrected chi connectivity index (χ2v) is 8.61. The molecule has 5 aliphatic rings. The van der Waals surface area contributed by atoms with Crippen LogP contribution in [-0.2, 0) is 14.9 Å². The van der Waals surface area contributed by atoms with Gasteiger partial charge in [0.05, 0.1) is 19.1 Å². The molecule has 1 aliphatic carbocycles. The van der Waals surface area contributed by atoms with Crippen LogP contribution in [0.4, 0.5) is 5.69 Å². The van der Waals surface area contributed by atoms with Gasteiger partial charge in [0.1, 0.15) is 0 Å². The van der Waals surface area contributed by atoms with Crippen molar-refractivity contribution in [2.24, 2.45) is 11.8 Å². The molecule has 26 heavy (non-hydrogen) atoms. The van der Waals surface area contributed by atoms with Crippen molar-refractivity contribution in [3.63, 3.8) is 0 Å². The van der Waals surface area contributed by atoms with Gasteiger partial charge in [0, 0.05) is 35.6 Å². The van der Waals surface area contributed by atoms with E-state index in [9.17, 15) is 9.90 Å². The summed E-state index contributed by atoms with van der Waals surface area (Å²) < 4.78 is 6.13. The Morgan fingerprint density at radius 1 is 1.38 bits per heavy atom. The number of ether oxygens (including phenoxy) is 1. The summed E-state index contributed by atoms with van der Waals surface area (Å²) in [7, 11) is 0. The lowest BCUT2D eigenvalue weighted by atomic mass is 9.54. The van der Waals surface area contributed by atoms with Crippen LogP contribution in [0.3, 0.4) is 0 Å². The number of aliphatic carboxylic acids is 1. The molecule has 2 saturated heterocycles. The van der Waals surface area contributed by atoms with E-state index in [0.29, 0.717) is 18.6 Å². The minimum atomic E-state index is -0.756. The Balaban J connectivity index is 1.53. The van der Waals surface area contributed by atoms with E-state index >= 15 is 0 Å². The van der Waals surface area contributed by atoms with Crippen LogP contribution in [-0.4, -0.2) is 53.9 Å². The first kappa shape index (κ1) is 15.2. The summed E-state index contributed by atoms with van der Waals surface area (Å²) >= 11 is 0. The number of nitrogens with one attached hydrogen (secondary N) is 1. The Bertz CT molecular complexity index is 821. The average Bonchev–Trinajstić information content (AvgIpc) is 3.11. The SMILES string of the molecule is O=C(O)C[C@H]1OCC=C2CN3CC[C@]45c6ccccc6N[C@H]4[C@H]1[C@H]2C[C@H]35. The standard InChI is InChI=1S/C21H24N2O3/c24-18(25)10-16-19-13-9-17-21(6-7-23(17)11-12(13)5-8-26-16)14-3-1-2-4-15(14)22-20(19)21/h1-5,13,16-17,19-20,22H,6-11H2,(H,24,25)/t13-,16+,17-,19-,20-,21+/m0/s1. The van der Waals surface area contributed by atoms with Crippen molar-refractivity contribution in [1.29, 1.82) is 0 Å². The Kier molecular flexibility index (Phi) is 2.99. The van der Waals surface area contributed by atoms with Gasteiger partial charge in [0.25, 0.3) is 0 Å². The lowest BCUT2D eigenvalue weighted by molar-refractivity contribution is -0.142. The van der Waals surface area contributed by atoms with Crippen molar-refractivity contribution >= 4 is 11.7 Å². The number of benzene rings is 1. The van der Waals surface area contributed by atoms with Crippen LogP contribution < -0.4 is 5.32 Å². The molecule has 0 aromatic heterocycles. The Hall–Kier alpha value is -1.85. The maximum atomic E-state index is 11.6. The normalized spacial score (nSPS) is 42.3. The lowest BCUT2D eigenvalue weighted by Gasteiger charge is -2.55. The molecule has 1 aromatic carbocycles. The molecule has 5 heteroatoms. The summed E-state index contributed by atoms with van der Waals surface area (Å²) in [4.78, 5) is 14.2. The highest BCUT2D eigenvalue weighted by Gasteiger charge is 2.66. The van der Waals surface area contributed by atoms with Gasteiger partial charge in [0.15, 0.2) is 0 Å². The number of piperidine rings is 1. The first-order chi connectivity index (χ1) is 12.7. The maximum absolute atomic E-state index is 11.6. The van der Waals surface area contributed by atoms with E-state index < -0.39 is 5.97 Å². The molecular weight excluding hydrogens is 328 g/mol. The monoisotopic (exact) mass is 352 g/mol. The number of fused-ring (bicyclic) bond motifs is 2. The van der Waals surface area contributed by atoms with Crippen LogP contribution in [0.25, 0.3) is 0 Å². The van der Waals surface area contributed by atoms with E-state index in [1.807, 2.05) is 0 Å². The molecule has 1 spiro atoms. The summed E-state index contributed by atoms with van der Waals surface area (Å²) in [6, 6.07) is 9.56. The first-order valence-corrected chi connectivity index (χ1v) is 9.81. The van der Waals surface area contributed by atoms with Gasteiger partial charge in [0.2, 0.25) is 0 Å². The van der Waals surface area contributed by atoms with Crippen molar-refractivity contribution in [3.05, 3.63) is 41.5 Å². The molecule has 6 rings (SSSR count). The molecule has 0 amide bonds. The number of carbonyl (C=O) groups is 1. The molecule has 1 aromatic rings. The van der Waals surface area contributed by atoms with Crippen LogP contribution in [0.15, 0.2) is 35.9 Å². The predicted octanol–water partition coefficient (Wildman–Crippen LogP) is 2.24.